The standard InChI is InChI=1S/C23H30N2O3/c1-5-23(18-11-13-19(14-12-18)28-17(2)3)24-21-10-7-6-9-20(21)22(26)25(23)15-8-16-27-4/h6-7,9-14,17,24H,5,8,15-16H2,1-4H3. The molecule has 0 saturated heterocycles. The first-order valence-corrected chi connectivity index (χ1v) is 9.97. The molecule has 0 radical (unpaired) electrons. The Morgan fingerprint density at radius 3 is 2.46 bits per heavy atom. The number of amides is 1. The first-order chi connectivity index (χ1) is 13.5. The summed E-state index contributed by atoms with van der Waals surface area (Å²) in [6, 6.07) is 15.8. The molecule has 1 heterocycles. The number of nitrogens with one attached hydrogen (secondary N) is 1. The third-order valence-electron chi connectivity index (χ3n) is 5.15. The maximum Gasteiger partial charge on any atom is 0.258 e. The number of rotatable bonds is 8. The van der Waals surface area contributed by atoms with Gasteiger partial charge >= 0.3 is 0 Å². The van der Waals surface area contributed by atoms with Crippen LogP contribution in [0.1, 0.15) is 49.5 Å². The summed E-state index contributed by atoms with van der Waals surface area (Å²) in [5.74, 6) is 0.883. The van der Waals surface area contributed by atoms with Gasteiger partial charge in [-0.25, -0.2) is 0 Å². The molecule has 1 N–H and O–H groups in total. The number of nitrogens with zero attached hydrogens (tertiary/aromatic N) is 1. The molecule has 5 heteroatoms. The number of benzene rings is 2. The van der Waals surface area contributed by atoms with Crippen molar-refractivity contribution in [1.82, 2.24) is 4.90 Å². The average Bonchev–Trinajstić information content (AvgIpc) is 2.70. The number of hydrogen-bond acceptors (Lipinski definition) is 4. The third kappa shape index (κ3) is 3.85. The Morgan fingerprint density at radius 2 is 1.82 bits per heavy atom. The highest BCUT2D eigenvalue weighted by Gasteiger charge is 2.44. The van der Waals surface area contributed by atoms with Crippen LogP contribution in [0.25, 0.3) is 0 Å². The molecule has 150 valence electrons. The Morgan fingerprint density at radius 1 is 1.11 bits per heavy atom. The van der Waals surface area contributed by atoms with E-state index < -0.39 is 5.66 Å². The van der Waals surface area contributed by atoms with Gasteiger partial charge in [0.25, 0.3) is 5.91 Å². The molecule has 0 fully saturated rings. The molecule has 0 spiro atoms. The average molecular weight is 383 g/mol. The Balaban J connectivity index is 2.02. The molecule has 1 atom stereocenters. The Bertz CT molecular complexity index is 804. The fourth-order valence-corrected chi connectivity index (χ4v) is 3.84. The molecule has 1 aliphatic heterocycles. The fourth-order valence-electron chi connectivity index (χ4n) is 3.84. The number of carbonyl (C=O) groups is 1. The second-order valence-corrected chi connectivity index (χ2v) is 7.38. The Labute approximate surface area is 167 Å². The fraction of sp³-hybridized carbons (Fsp3) is 0.435. The van der Waals surface area contributed by atoms with Crippen LogP contribution in [0.4, 0.5) is 5.69 Å². The summed E-state index contributed by atoms with van der Waals surface area (Å²) in [5.41, 5.74) is 2.03. The van der Waals surface area contributed by atoms with E-state index >= 15 is 0 Å². The lowest BCUT2D eigenvalue weighted by atomic mass is 9.89. The van der Waals surface area contributed by atoms with Gasteiger partial charge < -0.3 is 19.7 Å². The Kier molecular flexibility index (Phi) is 6.25. The highest BCUT2D eigenvalue weighted by molar-refractivity contribution is 6.02. The van der Waals surface area contributed by atoms with Gasteiger partial charge in [0.2, 0.25) is 0 Å². The van der Waals surface area contributed by atoms with Crippen molar-refractivity contribution in [2.24, 2.45) is 0 Å². The van der Waals surface area contributed by atoms with Gasteiger partial charge in [-0.1, -0.05) is 31.2 Å². The van der Waals surface area contributed by atoms with Crippen LogP contribution in [-0.4, -0.2) is 37.2 Å². The van der Waals surface area contributed by atoms with Crippen molar-refractivity contribution in [1.29, 1.82) is 0 Å². The summed E-state index contributed by atoms with van der Waals surface area (Å²) in [4.78, 5) is 15.3. The van der Waals surface area contributed by atoms with Crippen LogP contribution in [0.5, 0.6) is 5.75 Å². The van der Waals surface area contributed by atoms with E-state index in [4.69, 9.17) is 9.47 Å². The van der Waals surface area contributed by atoms with Crippen molar-refractivity contribution in [3.8, 4) is 5.75 Å². The smallest absolute Gasteiger partial charge is 0.258 e. The molecule has 1 aliphatic rings. The van der Waals surface area contributed by atoms with E-state index in [1.54, 1.807) is 7.11 Å². The summed E-state index contributed by atoms with van der Waals surface area (Å²) in [6.45, 7) is 7.36. The molecular weight excluding hydrogens is 352 g/mol. The molecule has 5 nitrogen and oxygen atoms in total. The second kappa shape index (κ2) is 8.65. The van der Waals surface area contributed by atoms with E-state index in [1.807, 2.05) is 55.1 Å². The molecule has 1 unspecified atom stereocenters. The minimum absolute atomic E-state index is 0.0508. The predicted octanol–water partition coefficient (Wildman–Crippen LogP) is 4.64. The molecule has 28 heavy (non-hydrogen) atoms. The predicted molar refractivity (Wildman–Crippen MR) is 112 cm³/mol. The molecular formula is C23H30N2O3. The van der Waals surface area contributed by atoms with Crippen molar-refractivity contribution in [2.45, 2.75) is 45.4 Å². The van der Waals surface area contributed by atoms with Crippen LogP contribution in [-0.2, 0) is 10.4 Å². The van der Waals surface area contributed by atoms with Crippen LogP contribution < -0.4 is 10.1 Å². The van der Waals surface area contributed by atoms with E-state index in [-0.39, 0.29) is 12.0 Å². The van der Waals surface area contributed by atoms with Gasteiger partial charge in [0.15, 0.2) is 0 Å². The van der Waals surface area contributed by atoms with E-state index in [0.717, 1.165) is 29.8 Å². The maximum atomic E-state index is 13.4. The number of anilines is 1. The van der Waals surface area contributed by atoms with Gasteiger partial charge in [0.1, 0.15) is 11.4 Å². The van der Waals surface area contributed by atoms with Gasteiger partial charge in [-0.2, -0.15) is 0 Å². The normalized spacial score (nSPS) is 18.8. The lowest BCUT2D eigenvalue weighted by molar-refractivity contribution is 0.0451. The van der Waals surface area contributed by atoms with Crippen molar-refractivity contribution in [2.75, 3.05) is 25.6 Å². The monoisotopic (exact) mass is 382 g/mol. The summed E-state index contributed by atoms with van der Waals surface area (Å²) in [5, 5.41) is 3.67. The quantitative estimate of drug-likeness (QED) is 0.676. The number of hydrogen-bond donors (Lipinski definition) is 1. The van der Waals surface area contributed by atoms with Crippen LogP contribution in [0.2, 0.25) is 0 Å². The molecule has 0 bridgehead atoms. The van der Waals surface area contributed by atoms with Crippen LogP contribution in [0, 0.1) is 0 Å². The van der Waals surface area contributed by atoms with Gasteiger partial charge in [-0.3, -0.25) is 4.79 Å². The Hall–Kier alpha value is -2.53. The summed E-state index contributed by atoms with van der Waals surface area (Å²) in [6.07, 6.45) is 1.64. The number of fused-ring (bicyclic) bond motifs is 1. The minimum atomic E-state index is -0.602. The van der Waals surface area contributed by atoms with Crippen molar-refractivity contribution in [3.63, 3.8) is 0 Å². The maximum absolute atomic E-state index is 13.4. The van der Waals surface area contributed by atoms with Gasteiger partial charge in [-0.05, 0) is 56.5 Å². The number of ether oxygens (including phenoxy) is 2. The largest absolute Gasteiger partial charge is 0.491 e. The minimum Gasteiger partial charge on any atom is -0.491 e. The van der Waals surface area contributed by atoms with Gasteiger partial charge in [-0.15, -0.1) is 0 Å². The molecule has 3 rings (SSSR count). The van der Waals surface area contributed by atoms with Gasteiger partial charge in [0, 0.05) is 25.9 Å². The summed E-state index contributed by atoms with van der Waals surface area (Å²) in [7, 11) is 1.69. The van der Waals surface area contributed by atoms with E-state index in [2.05, 4.69) is 24.4 Å². The second-order valence-electron chi connectivity index (χ2n) is 7.38. The first kappa shape index (κ1) is 20.2. The SMILES string of the molecule is CCC1(c2ccc(OC(C)C)cc2)Nc2ccccc2C(=O)N1CCCOC. The summed E-state index contributed by atoms with van der Waals surface area (Å²) < 4.78 is 11.0. The number of methoxy groups -OCH3 is 1. The lowest BCUT2D eigenvalue weighted by Gasteiger charge is -2.48. The molecule has 0 saturated carbocycles. The molecule has 2 aromatic carbocycles. The lowest BCUT2D eigenvalue weighted by Crippen LogP contribution is -2.57. The van der Waals surface area contributed by atoms with E-state index in [9.17, 15) is 4.79 Å². The van der Waals surface area contributed by atoms with Crippen LogP contribution in [0.3, 0.4) is 0 Å². The third-order valence-corrected chi connectivity index (χ3v) is 5.15. The van der Waals surface area contributed by atoms with E-state index in [0.29, 0.717) is 18.7 Å². The van der Waals surface area contributed by atoms with Crippen molar-refractivity contribution >= 4 is 11.6 Å². The number of carbonyl (C=O) groups excluding carboxylic acids is 1. The molecule has 2 aromatic rings. The molecule has 0 aliphatic carbocycles. The van der Waals surface area contributed by atoms with Crippen LogP contribution >= 0.6 is 0 Å². The van der Waals surface area contributed by atoms with Crippen LogP contribution in [0.15, 0.2) is 48.5 Å². The van der Waals surface area contributed by atoms with Crippen molar-refractivity contribution < 1.29 is 14.3 Å². The van der Waals surface area contributed by atoms with Crippen molar-refractivity contribution in [3.05, 3.63) is 59.7 Å². The zero-order valence-corrected chi connectivity index (χ0v) is 17.2. The highest BCUT2D eigenvalue weighted by Crippen LogP contribution is 2.40. The first-order valence-electron chi connectivity index (χ1n) is 9.97. The van der Waals surface area contributed by atoms with E-state index in [1.165, 1.54) is 0 Å². The van der Waals surface area contributed by atoms with Gasteiger partial charge in [0.05, 0.1) is 11.7 Å². The molecule has 0 aromatic heterocycles. The zero-order chi connectivity index (χ0) is 20.1. The highest BCUT2D eigenvalue weighted by atomic mass is 16.5. The topological polar surface area (TPSA) is 50.8 Å². The zero-order valence-electron chi connectivity index (χ0n) is 17.2. The molecule has 1 amide bonds. The number of para-hydroxylation sites is 1. The summed E-state index contributed by atoms with van der Waals surface area (Å²) >= 11 is 0.